The third kappa shape index (κ3) is 4.28. The van der Waals surface area contributed by atoms with Gasteiger partial charge in [-0.2, -0.15) is 8.78 Å². The lowest BCUT2D eigenvalue weighted by atomic mass is 9.74. The van der Waals surface area contributed by atoms with Crippen molar-refractivity contribution in [1.29, 1.82) is 0 Å². The zero-order valence-electron chi connectivity index (χ0n) is 12.3. The minimum atomic E-state index is -2.96. The van der Waals surface area contributed by atoms with Crippen LogP contribution in [0.25, 0.3) is 0 Å². The van der Waals surface area contributed by atoms with Crippen molar-refractivity contribution in [3.63, 3.8) is 0 Å². The van der Waals surface area contributed by atoms with Crippen LogP contribution in [-0.2, 0) is 4.79 Å². The van der Waals surface area contributed by atoms with Gasteiger partial charge in [0.25, 0.3) is 0 Å². The van der Waals surface area contributed by atoms with Crippen molar-refractivity contribution in [3.05, 3.63) is 23.2 Å². The van der Waals surface area contributed by atoms with Crippen LogP contribution in [0.3, 0.4) is 0 Å². The minimum Gasteiger partial charge on any atom is -0.433 e. The van der Waals surface area contributed by atoms with Crippen LogP contribution in [0.5, 0.6) is 5.75 Å². The Bertz CT molecular complexity index is 528. The van der Waals surface area contributed by atoms with Crippen LogP contribution >= 0.6 is 11.6 Å². The van der Waals surface area contributed by atoms with E-state index < -0.39 is 17.6 Å². The molecule has 3 N–H and O–H groups in total. The topological polar surface area (TPSA) is 64.4 Å². The quantitative estimate of drug-likeness (QED) is 0.870. The first-order valence-electron chi connectivity index (χ1n) is 6.30. The van der Waals surface area contributed by atoms with Gasteiger partial charge in [-0.15, -0.1) is 0 Å². The van der Waals surface area contributed by atoms with Gasteiger partial charge >= 0.3 is 6.61 Å². The number of carbonyl (C=O) groups excluding carboxylic acids is 1. The van der Waals surface area contributed by atoms with Crippen molar-refractivity contribution >= 4 is 23.2 Å². The first-order chi connectivity index (χ1) is 9.45. The molecule has 0 saturated carbocycles. The number of halogens is 3. The molecule has 0 heterocycles. The summed E-state index contributed by atoms with van der Waals surface area (Å²) < 4.78 is 28.5. The Labute approximate surface area is 127 Å². The number of hydrogen-bond donors (Lipinski definition) is 2. The second-order valence-corrected chi connectivity index (χ2v) is 6.23. The van der Waals surface area contributed by atoms with Crippen LogP contribution in [0.15, 0.2) is 18.2 Å². The van der Waals surface area contributed by atoms with Crippen LogP contribution in [0.1, 0.15) is 27.7 Å². The van der Waals surface area contributed by atoms with E-state index in [0.717, 1.165) is 0 Å². The van der Waals surface area contributed by atoms with Gasteiger partial charge in [0, 0.05) is 11.2 Å². The lowest BCUT2D eigenvalue weighted by Crippen LogP contribution is -2.53. The highest BCUT2D eigenvalue weighted by atomic mass is 35.5. The highest BCUT2D eigenvalue weighted by Crippen LogP contribution is 2.32. The Hall–Kier alpha value is -1.40. The molecule has 4 nitrogen and oxygen atoms in total. The molecular formula is C14H19ClF2N2O2. The number of hydrogen-bond acceptors (Lipinski definition) is 3. The molecule has 0 aromatic heterocycles. The summed E-state index contributed by atoms with van der Waals surface area (Å²) in [6.07, 6.45) is 0. The Morgan fingerprint density at radius 1 is 1.33 bits per heavy atom. The molecule has 0 atom stereocenters. The van der Waals surface area contributed by atoms with Gasteiger partial charge in [-0.1, -0.05) is 11.6 Å². The van der Waals surface area contributed by atoms with Crippen LogP contribution in [0.2, 0.25) is 5.02 Å². The number of nitrogens with two attached hydrogens (primary N) is 1. The molecule has 0 unspecified atom stereocenters. The SMILES string of the molecule is CC(C)(N)C(C)(C)C(=O)Nc1ccc(OC(F)F)c(Cl)c1. The maximum atomic E-state index is 12.3. The third-order valence-corrected chi connectivity index (χ3v) is 3.88. The molecule has 0 fully saturated rings. The number of nitrogens with one attached hydrogen (secondary N) is 1. The second-order valence-electron chi connectivity index (χ2n) is 5.82. The molecule has 0 aliphatic heterocycles. The maximum Gasteiger partial charge on any atom is 0.387 e. The van der Waals surface area contributed by atoms with E-state index in [1.54, 1.807) is 27.7 Å². The van der Waals surface area contributed by atoms with Crippen molar-refractivity contribution in [2.45, 2.75) is 39.8 Å². The van der Waals surface area contributed by atoms with Crippen LogP contribution in [0.4, 0.5) is 14.5 Å². The van der Waals surface area contributed by atoms with Gasteiger partial charge in [-0.3, -0.25) is 4.79 Å². The number of ether oxygens (including phenoxy) is 1. The van der Waals surface area contributed by atoms with Crippen LogP contribution in [-0.4, -0.2) is 18.1 Å². The molecule has 1 rings (SSSR count). The van der Waals surface area contributed by atoms with Crippen molar-refractivity contribution < 1.29 is 18.3 Å². The summed E-state index contributed by atoms with van der Waals surface area (Å²) in [5.74, 6) is -0.448. The number of benzene rings is 1. The summed E-state index contributed by atoms with van der Waals surface area (Å²) in [6, 6.07) is 4.04. The standard InChI is InChI=1S/C14H19ClF2N2O2/c1-13(2,14(3,4)18)11(20)19-8-5-6-10(9(15)7-8)21-12(16)17/h5-7,12H,18H2,1-4H3,(H,19,20). The van der Waals surface area contributed by atoms with Gasteiger partial charge in [0.2, 0.25) is 5.91 Å². The van der Waals surface area contributed by atoms with E-state index >= 15 is 0 Å². The van der Waals surface area contributed by atoms with Gasteiger partial charge in [-0.25, -0.2) is 0 Å². The van der Waals surface area contributed by atoms with E-state index in [2.05, 4.69) is 10.1 Å². The first-order valence-corrected chi connectivity index (χ1v) is 6.67. The highest BCUT2D eigenvalue weighted by Gasteiger charge is 2.40. The lowest BCUT2D eigenvalue weighted by Gasteiger charge is -2.36. The molecule has 1 aromatic carbocycles. The largest absolute Gasteiger partial charge is 0.433 e. The van der Waals surface area contributed by atoms with E-state index in [4.69, 9.17) is 17.3 Å². The number of rotatable bonds is 5. The number of anilines is 1. The van der Waals surface area contributed by atoms with Crippen LogP contribution in [0, 0.1) is 5.41 Å². The van der Waals surface area contributed by atoms with Crippen molar-refractivity contribution in [2.24, 2.45) is 11.1 Å². The molecule has 21 heavy (non-hydrogen) atoms. The van der Waals surface area contributed by atoms with Gasteiger partial charge in [-0.05, 0) is 45.9 Å². The Morgan fingerprint density at radius 3 is 2.33 bits per heavy atom. The predicted molar refractivity (Wildman–Crippen MR) is 78.8 cm³/mol. The van der Waals surface area contributed by atoms with E-state index in [1.165, 1.54) is 18.2 Å². The van der Waals surface area contributed by atoms with E-state index in [0.29, 0.717) is 5.69 Å². The lowest BCUT2D eigenvalue weighted by molar-refractivity contribution is -0.126. The summed E-state index contributed by atoms with van der Waals surface area (Å²) in [4.78, 5) is 12.3. The van der Waals surface area contributed by atoms with Crippen molar-refractivity contribution in [1.82, 2.24) is 0 Å². The summed E-state index contributed by atoms with van der Waals surface area (Å²) in [5.41, 5.74) is 4.79. The average molecular weight is 321 g/mol. The molecule has 1 aromatic rings. The van der Waals surface area contributed by atoms with E-state index in [-0.39, 0.29) is 16.7 Å². The van der Waals surface area contributed by atoms with E-state index in [9.17, 15) is 13.6 Å². The van der Waals surface area contributed by atoms with Crippen molar-refractivity contribution in [2.75, 3.05) is 5.32 Å². The summed E-state index contributed by atoms with van der Waals surface area (Å²) >= 11 is 5.83. The summed E-state index contributed by atoms with van der Waals surface area (Å²) in [5, 5.41) is 2.65. The molecule has 0 aliphatic rings. The molecule has 0 radical (unpaired) electrons. The predicted octanol–water partition coefficient (Wildman–Crippen LogP) is 3.64. The molecular weight excluding hydrogens is 302 g/mol. The van der Waals surface area contributed by atoms with Gasteiger partial charge in [0.15, 0.2) is 0 Å². The second kappa shape index (κ2) is 6.15. The molecule has 0 saturated heterocycles. The van der Waals surface area contributed by atoms with Crippen molar-refractivity contribution in [3.8, 4) is 5.75 Å². The first kappa shape index (κ1) is 17.7. The molecule has 0 spiro atoms. The third-order valence-electron chi connectivity index (χ3n) is 3.58. The normalized spacial score (nSPS) is 12.4. The van der Waals surface area contributed by atoms with Gasteiger partial charge in [0.05, 0.1) is 10.4 Å². The molecule has 0 bridgehead atoms. The van der Waals surface area contributed by atoms with Gasteiger partial charge < -0.3 is 15.8 Å². The Kier molecular flexibility index (Phi) is 5.17. The fourth-order valence-electron chi connectivity index (χ4n) is 1.35. The smallest absolute Gasteiger partial charge is 0.387 e. The highest BCUT2D eigenvalue weighted by molar-refractivity contribution is 6.32. The maximum absolute atomic E-state index is 12.3. The van der Waals surface area contributed by atoms with E-state index in [1.807, 2.05) is 0 Å². The monoisotopic (exact) mass is 320 g/mol. The number of carbonyl (C=O) groups is 1. The summed E-state index contributed by atoms with van der Waals surface area (Å²) in [7, 11) is 0. The number of alkyl halides is 2. The van der Waals surface area contributed by atoms with Crippen LogP contribution < -0.4 is 15.8 Å². The average Bonchev–Trinajstić information content (AvgIpc) is 2.30. The number of amides is 1. The molecule has 7 heteroatoms. The fraction of sp³-hybridized carbons (Fsp3) is 0.500. The zero-order chi connectivity index (χ0) is 16.4. The molecule has 0 aliphatic carbocycles. The Morgan fingerprint density at radius 2 is 1.90 bits per heavy atom. The molecule has 1 amide bonds. The minimum absolute atomic E-state index is 0.0158. The Balaban J connectivity index is 2.90. The fourth-order valence-corrected chi connectivity index (χ4v) is 1.58. The van der Waals surface area contributed by atoms with Gasteiger partial charge in [0.1, 0.15) is 5.75 Å². The zero-order valence-corrected chi connectivity index (χ0v) is 13.1. The summed E-state index contributed by atoms with van der Waals surface area (Å²) in [6.45, 7) is 3.98. The molecule has 118 valence electrons.